The molecule has 0 radical (unpaired) electrons. The molecule has 2 rings (SSSR count). The second-order valence-electron chi connectivity index (χ2n) is 5.82. The fraction of sp³-hybridized carbons (Fsp3) is 0.278. The average Bonchev–Trinajstić information content (AvgIpc) is 2.57. The smallest absolute Gasteiger partial charge is 0.230 e. The zero-order valence-electron chi connectivity index (χ0n) is 14.3. The van der Waals surface area contributed by atoms with Crippen LogP contribution in [0.15, 0.2) is 47.4 Å². The van der Waals surface area contributed by atoms with Gasteiger partial charge in [-0.15, -0.1) is 11.8 Å². The SMILES string of the molecule is CC(NC(=O)CSCc1c(F)cccc1Cl)c1ccc(S(C)(=O)=O)cc1. The molecule has 0 fully saturated rings. The van der Waals surface area contributed by atoms with Crippen molar-refractivity contribution in [1.29, 1.82) is 0 Å². The number of thioether (sulfide) groups is 1. The first kappa shape index (κ1) is 20.7. The molecule has 0 heterocycles. The predicted octanol–water partition coefficient (Wildman–Crippen LogP) is 3.99. The van der Waals surface area contributed by atoms with Gasteiger partial charge in [-0.05, 0) is 36.8 Å². The normalized spacial score (nSPS) is 12.6. The Morgan fingerprint density at radius 3 is 2.46 bits per heavy atom. The zero-order valence-corrected chi connectivity index (χ0v) is 16.7. The summed E-state index contributed by atoms with van der Waals surface area (Å²) >= 11 is 7.23. The third kappa shape index (κ3) is 5.72. The summed E-state index contributed by atoms with van der Waals surface area (Å²) in [4.78, 5) is 12.3. The summed E-state index contributed by atoms with van der Waals surface area (Å²) in [5.41, 5.74) is 1.18. The quantitative estimate of drug-likeness (QED) is 0.742. The minimum atomic E-state index is -3.25. The maximum atomic E-state index is 13.7. The van der Waals surface area contributed by atoms with E-state index < -0.39 is 9.84 Å². The second-order valence-corrected chi connectivity index (χ2v) is 9.23. The molecule has 140 valence electrons. The van der Waals surface area contributed by atoms with E-state index in [1.54, 1.807) is 18.2 Å². The minimum Gasteiger partial charge on any atom is -0.349 e. The van der Waals surface area contributed by atoms with Gasteiger partial charge in [0.2, 0.25) is 5.91 Å². The van der Waals surface area contributed by atoms with Crippen molar-refractivity contribution in [3.05, 3.63) is 64.4 Å². The van der Waals surface area contributed by atoms with Crippen molar-refractivity contribution in [2.45, 2.75) is 23.6 Å². The van der Waals surface area contributed by atoms with Crippen molar-refractivity contribution in [1.82, 2.24) is 5.32 Å². The Balaban J connectivity index is 1.87. The van der Waals surface area contributed by atoms with Crippen molar-refractivity contribution in [3.63, 3.8) is 0 Å². The number of hydrogen-bond donors (Lipinski definition) is 1. The zero-order chi connectivity index (χ0) is 19.3. The minimum absolute atomic E-state index is 0.163. The molecular formula is C18H19ClFNO3S2. The highest BCUT2D eigenvalue weighted by Gasteiger charge is 2.13. The van der Waals surface area contributed by atoms with E-state index in [-0.39, 0.29) is 28.4 Å². The lowest BCUT2D eigenvalue weighted by atomic mass is 10.1. The predicted molar refractivity (Wildman–Crippen MR) is 104 cm³/mol. The largest absolute Gasteiger partial charge is 0.349 e. The van der Waals surface area contributed by atoms with Crippen molar-refractivity contribution in [2.75, 3.05) is 12.0 Å². The van der Waals surface area contributed by atoms with Crippen LogP contribution >= 0.6 is 23.4 Å². The molecule has 0 spiro atoms. The summed E-state index contributed by atoms with van der Waals surface area (Å²) in [6.07, 6.45) is 1.15. The molecule has 2 aromatic carbocycles. The first-order chi connectivity index (χ1) is 12.2. The third-order valence-corrected chi connectivity index (χ3v) is 6.17. The van der Waals surface area contributed by atoms with Gasteiger partial charge in [0.15, 0.2) is 9.84 Å². The van der Waals surface area contributed by atoms with Gasteiger partial charge in [0.05, 0.1) is 16.7 Å². The topological polar surface area (TPSA) is 63.2 Å². The summed E-state index contributed by atoms with van der Waals surface area (Å²) in [6.45, 7) is 1.81. The summed E-state index contributed by atoms with van der Waals surface area (Å²) in [6, 6.07) is 10.6. The highest BCUT2D eigenvalue weighted by Crippen LogP contribution is 2.24. The molecule has 26 heavy (non-hydrogen) atoms. The number of amides is 1. The molecular weight excluding hydrogens is 397 g/mol. The van der Waals surface area contributed by atoms with E-state index in [0.717, 1.165) is 11.8 Å². The van der Waals surface area contributed by atoms with Crippen molar-refractivity contribution in [3.8, 4) is 0 Å². The molecule has 4 nitrogen and oxygen atoms in total. The summed E-state index contributed by atoms with van der Waals surface area (Å²) in [5.74, 6) is -0.112. The Hall–Kier alpha value is -1.57. The number of benzene rings is 2. The molecule has 0 bridgehead atoms. The van der Waals surface area contributed by atoms with E-state index in [1.165, 1.54) is 36.0 Å². The molecule has 0 saturated heterocycles. The van der Waals surface area contributed by atoms with Gasteiger partial charge in [-0.25, -0.2) is 12.8 Å². The second kappa shape index (κ2) is 8.88. The Morgan fingerprint density at radius 1 is 1.23 bits per heavy atom. The summed E-state index contributed by atoms with van der Waals surface area (Å²) < 4.78 is 36.6. The highest BCUT2D eigenvalue weighted by atomic mass is 35.5. The van der Waals surface area contributed by atoms with Gasteiger partial charge >= 0.3 is 0 Å². The van der Waals surface area contributed by atoms with E-state index in [9.17, 15) is 17.6 Å². The van der Waals surface area contributed by atoms with Crippen LogP contribution in [0.4, 0.5) is 4.39 Å². The van der Waals surface area contributed by atoms with Crippen LogP contribution in [-0.4, -0.2) is 26.3 Å². The summed E-state index contributed by atoms with van der Waals surface area (Å²) in [5, 5.41) is 3.18. The van der Waals surface area contributed by atoms with E-state index in [1.807, 2.05) is 6.92 Å². The monoisotopic (exact) mass is 415 g/mol. The molecule has 0 aliphatic rings. The van der Waals surface area contributed by atoms with Crippen molar-refractivity contribution < 1.29 is 17.6 Å². The van der Waals surface area contributed by atoms with Crippen molar-refractivity contribution in [2.24, 2.45) is 0 Å². The average molecular weight is 416 g/mol. The van der Waals surface area contributed by atoms with Crippen LogP contribution in [0.25, 0.3) is 0 Å². The van der Waals surface area contributed by atoms with Gasteiger partial charge in [-0.2, -0.15) is 0 Å². The third-order valence-electron chi connectivity index (χ3n) is 3.73. The van der Waals surface area contributed by atoms with Gasteiger partial charge in [-0.1, -0.05) is 29.8 Å². The Kier molecular flexibility index (Phi) is 7.08. The van der Waals surface area contributed by atoms with E-state index >= 15 is 0 Å². The number of carbonyl (C=O) groups is 1. The maximum Gasteiger partial charge on any atom is 0.230 e. The van der Waals surface area contributed by atoms with Gasteiger partial charge in [0, 0.05) is 22.6 Å². The van der Waals surface area contributed by atoms with Crippen molar-refractivity contribution >= 4 is 39.1 Å². The summed E-state index contributed by atoms with van der Waals surface area (Å²) in [7, 11) is -3.25. The molecule has 1 N–H and O–H groups in total. The Labute approximate surface area is 162 Å². The lowest BCUT2D eigenvalue weighted by Crippen LogP contribution is -2.28. The lowest BCUT2D eigenvalue weighted by Gasteiger charge is -2.15. The molecule has 8 heteroatoms. The number of halogens is 2. The number of rotatable bonds is 7. The molecule has 1 amide bonds. The number of hydrogen-bond acceptors (Lipinski definition) is 4. The van der Waals surface area contributed by atoms with E-state index in [0.29, 0.717) is 16.3 Å². The fourth-order valence-corrected chi connectivity index (χ4v) is 4.09. The van der Waals surface area contributed by atoms with Crippen LogP contribution in [0.5, 0.6) is 0 Å². The lowest BCUT2D eigenvalue weighted by molar-refractivity contribution is -0.119. The molecule has 0 aromatic heterocycles. The number of carbonyl (C=O) groups excluding carboxylic acids is 1. The molecule has 1 atom stereocenters. The molecule has 2 aromatic rings. The molecule has 1 unspecified atom stereocenters. The van der Waals surface area contributed by atoms with Crippen LogP contribution < -0.4 is 5.32 Å². The highest BCUT2D eigenvalue weighted by molar-refractivity contribution is 7.99. The van der Waals surface area contributed by atoms with Crippen LogP contribution in [0, 0.1) is 5.82 Å². The van der Waals surface area contributed by atoms with Gasteiger partial charge in [0.1, 0.15) is 5.82 Å². The molecule has 0 aliphatic heterocycles. The van der Waals surface area contributed by atoms with Crippen LogP contribution in [0.2, 0.25) is 5.02 Å². The fourth-order valence-electron chi connectivity index (χ4n) is 2.29. The van der Waals surface area contributed by atoms with E-state index in [2.05, 4.69) is 5.32 Å². The number of sulfone groups is 1. The van der Waals surface area contributed by atoms with Gasteiger partial charge in [0.25, 0.3) is 0 Å². The maximum absolute atomic E-state index is 13.7. The van der Waals surface area contributed by atoms with Gasteiger partial charge < -0.3 is 5.32 Å². The first-order valence-electron chi connectivity index (χ1n) is 7.78. The van der Waals surface area contributed by atoms with Crippen LogP contribution in [0.3, 0.4) is 0 Å². The Morgan fingerprint density at radius 2 is 1.88 bits per heavy atom. The van der Waals surface area contributed by atoms with Crippen LogP contribution in [-0.2, 0) is 20.4 Å². The van der Waals surface area contributed by atoms with Gasteiger partial charge in [-0.3, -0.25) is 4.79 Å². The van der Waals surface area contributed by atoms with Crippen LogP contribution in [0.1, 0.15) is 24.1 Å². The molecule has 0 saturated carbocycles. The first-order valence-corrected chi connectivity index (χ1v) is 11.2. The number of nitrogens with one attached hydrogen (secondary N) is 1. The molecule has 0 aliphatic carbocycles. The Bertz CT molecular complexity index is 866. The van der Waals surface area contributed by atoms with E-state index in [4.69, 9.17) is 11.6 Å². The standard InChI is InChI=1S/C18H19ClFNO3S2/c1-12(13-6-8-14(9-7-13)26(2,23)24)21-18(22)11-25-10-15-16(19)4-3-5-17(15)20/h3-9,12H,10-11H2,1-2H3,(H,21,22).